The Kier molecular flexibility index (Phi) is 3.28. The van der Waals surface area contributed by atoms with Crippen LogP contribution in [0.4, 0.5) is 0 Å². The minimum atomic E-state index is -1.08. The van der Waals surface area contributed by atoms with E-state index in [1.165, 1.54) is 6.20 Å². The van der Waals surface area contributed by atoms with E-state index in [9.17, 15) is 9.59 Å². The van der Waals surface area contributed by atoms with Gasteiger partial charge in [-0.25, -0.2) is 4.79 Å². The Morgan fingerprint density at radius 3 is 2.33 bits per heavy atom. The Balaban J connectivity index is 4.09. The van der Waals surface area contributed by atoms with Gasteiger partial charge in [-0.2, -0.15) is 0 Å². The molecule has 4 N–H and O–H groups in total. The fourth-order valence-corrected chi connectivity index (χ4v) is 0.392. The maximum absolute atomic E-state index is 10.7. The summed E-state index contributed by atoms with van der Waals surface area (Å²) in [6.45, 7) is 3.11. The molecule has 1 amide bonds. The third-order valence-corrected chi connectivity index (χ3v) is 1.29. The zero-order valence-corrected chi connectivity index (χ0v) is 7.00. The smallest absolute Gasteiger partial charge is 0.329 e. The highest BCUT2D eigenvalue weighted by Crippen LogP contribution is 1.99. The number of hydrogen-bond acceptors (Lipinski definition) is 3. The van der Waals surface area contributed by atoms with Crippen molar-refractivity contribution in [3.8, 4) is 0 Å². The number of carbonyl (C=O) groups is 2. The second-order valence-electron chi connectivity index (χ2n) is 2.81. The Hall–Kier alpha value is -1.52. The van der Waals surface area contributed by atoms with Gasteiger partial charge in [0.15, 0.2) is 0 Å². The fraction of sp³-hybridized carbons (Fsp3) is 0.429. The molecule has 0 aliphatic rings. The molecule has 0 radical (unpaired) electrons. The van der Waals surface area contributed by atoms with E-state index in [2.05, 4.69) is 5.32 Å². The molecule has 0 spiro atoms. The zero-order valence-electron chi connectivity index (χ0n) is 7.00. The van der Waals surface area contributed by atoms with Crippen LogP contribution in [-0.2, 0) is 9.59 Å². The van der Waals surface area contributed by atoms with Gasteiger partial charge in [-0.15, -0.1) is 0 Å². The predicted octanol–water partition coefficient (Wildman–Crippen LogP) is -0.562. The molecule has 12 heavy (non-hydrogen) atoms. The summed E-state index contributed by atoms with van der Waals surface area (Å²) >= 11 is 0. The van der Waals surface area contributed by atoms with E-state index >= 15 is 0 Å². The van der Waals surface area contributed by atoms with Crippen molar-refractivity contribution in [2.45, 2.75) is 19.4 Å². The van der Waals surface area contributed by atoms with Crippen molar-refractivity contribution in [3.63, 3.8) is 0 Å². The molecule has 0 aromatic carbocycles. The lowest BCUT2D eigenvalue weighted by Gasteiger charge is -2.20. The summed E-state index contributed by atoms with van der Waals surface area (Å²) in [5.41, 5.74) is 4.08. The molecular formula is C7H12N2O3. The van der Waals surface area contributed by atoms with E-state index in [1.807, 2.05) is 0 Å². The summed E-state index contributed by atoms with van der Waals surface area (Å²) in [6.07, 6.45) is 2.07. The quantitative estimate of drug-likeness (QED) is 0.495. The van der Waals surface area contributed by atoms with Crippen molar-refractivity contribution < 1.29 is 14.7 Å². The molecule has 0 aromatic rings. The monoisotopic (exact) mass is 172 g/mol. The molecule has 0 heterocycles. The van der Waals surface area contributed by atoms with Crippen LogP contribution in [0.25, 0.3) is 0 Å². The van der Waals surface area contributed by atoms with Crippen LogP contribution >= 0.6 is 0 Å². The Labute approximate surface area is 70.2 Å². The highest BCUT2D eigenvalue weighted by Gasteiger charge is 2.22. The van der Waals surface area contributed by atoms with Crippen molar-refractivity contribution in [2.24, 2.45) is 5.73 Å². The third-order valence-electron chi connectivity index (χ3n) is 1.29. The second kappa shape index (κ2) is 3.75. The van der Waals surface area contributed by atoms with Gasteiger partial charge in [0.2, 0.25) is 5.91 Å². The van der Waals surface area contributed by atoms with E-state index in [0.717, 1.165) is 6.08 Å². The highest BCUT2D eigenvalue weighted by molar-refractivity contribution is 5.84. The number of hydrogen-bond donors (Lipinski definition) is 3. The Bertz CT molecular complexity index is 221. The lowest BCUT2D eigenvalue weighted by Crippen LogP contribution is -2.48. The maximum atomic E-state index is 10.7. The second-order valence-corrected chi connectivity index (χ2v) is 2.81. The molecule has 68 valence electrons. The van der Waals surface area contributed by atoms with Crippen LogP contribution in [0.2, 0.25) is 0 Å². The molecule has 0 aliphatic heterocycles. The van der Waals surface area contributed by atoms with Crippen molar-refractivity contribution in [3.05, 3.63) is 12.3 Å². The SMILES string of the molecule is CC(C)(N/C=C/C(=O)O)C(N)=O. The van der Waals surface area contributed by atoms with Gasteiger partial charge in [0.25, 0.3) is 0 Å². The number of nitrogens with one attached hydrogen (secondary N) is 1. The van der Waals surface area contributed by atoms with E-state index in [4.69, 9.17) is 10.8 Å². The number of primary amides is 1. The largest absolute Gasteiger partial charge is 0.478 e. The number of carbonyl (C=O) groups excluding carboxylic acids is 1. The van der Waals surface area contributed by atoms with Crippen molar-refractivity contribution >= 4 is 11.9 Å². The van der Waals surface area contributed by atoms with Crippen LogP contribution in [0.15, 0.2) is 12.3 Å². The summed E-state index contributed by atoms with van der Waals surface area (Å²) in [5.74, 6) is -1.62. The molecule has 0 aromatic heterocycles. The number of carboxylic acid groups (broad SMARTS) is 1. The zero-order chi connectivity index (χ0) is 9.78. The minimum Gasteiger partial charge on any atom is -0.478 e. The first kappa shape index (κ1) is 10.5. The van der Waals surface area contributed by atoms with Gasteiger partial charge in [0, 0.05) is 12.3 Å². The van der Waals surface area contributed by atoms with Gasteiger partial charge in [-0.1, -0.05) is 0 Å². The molecule has 0 saturated carbocycles. The van der Waals surface area contributed by atoms with Gasteiger partial charge in [0.05, 0.1) is 0 Å². The summed E-state index contributed by atoms with van der Waals surface area (Å²) < 4.78 is 0. The number of amides is 1. The van der Waals surface area contributed by atoms with E-state index < -0.39 is 17.4 Å². The van der Waals surface area contributed by atoms with Crippen molar-refractivity contribution in [1.29, 1.82) is 0 Å². The summed E-state index contributed by atoms with van der Waals surface area (Å²) in [7, 11) is 0. The van der Waals surface area contributed by atoms with Crippen molar-refractivity contribution in [1.82, 2.24) is 5.32 Å². The first-order valence-corrected chi connectivity index (χ1v) is 3.33. The number of aliphatic carboxylic acids is 1. The molecule has 0 saturated heterocycles. The summed E-state index contributed by atoms with van der Waals surface area (Å²) in [4.78, 5) is 20.7. The topological polar surface area (TPSA) is 92.4 Å². The van der Waals surface area contributed by atoms with E-state index in [-0.39, 0.29) is 0 Å². The van der Waals surface area contributed by atoms with Gasteiger partial charge in [-0.3, -0.25) is 4.79 Å². The van der Waals surface area contributed by atoms with Crippen LogP contribution in [0.1, 0.15) is 13.8 Å². The van der Waals surface area contributed by atoms with Crippen LogP contribution in [0.5, 0.6) is 0 Å². The molecule has 0 aliphatic carbocycles. The molecule has 5 heteroatoms. The molecule has 0 unspecified atom stereocenters. The molecule has 0 fully saturated rings. The van der Waals surface area contributed by atoms with Crippen LogP contribution in [0, 0.1) is 0 Å². The first-order chi connectivity index (χ1) is 5.36. The standard InChI is InChI=1S/C7H12N2O3/c1-7(2,6(8)12)9-4-3-5(10)11/h3-4,9H,1-2H3,(H2,8,12)(H,10,11)/b4-3+. The molecule has 0 rings (SSSR count). The van der Waals surface area contributed by atoms with E-state index in [1.54, 1.807) is 13.8 Å². The lowest BCUT2D eigenvalue weighted by molar-refractivity contribution is -0.131. The molecular weight excluding hydrogens is 160 g/mol. The first-order valence-electron chi connectivity index (χ1n) is 3.33. The minimum absolute atomic E-state index is 0.544. The van der Waals surface area contributed by atoms with Crippen LogP contribution < -0.4 is 11.1 Å². The van der Waals surface area contributed by atoms with Crippen molar-refractivity contribution in [2.75, 3.05) is 0 Å². The average molecular weight is 172 g/mol. The van der Waals surface area contributed by atoms with Gasteiger partial charge in [0.1, 0.15) is 5.54 Å². The number of nitrogens with two attached hydrogens (primary N) is 1. The number of carboxylic acids is 1. The summed E-state index contributed by atoms with van der Waals surface area (Å²) in [5, 5.41) is 10.8. The molecule has 5 nitrogen and oxygen atoms in total. The Morgan fingerprint density at radius 1 is 1.50 bits per heavy atom. The van der Waals surface area contributed by atoms with E-state index in [0.29, 0.717) is 0 Å². The highest BCUT2D eigenvalue weighted by atomic mass is 16.4. The van der Waals surface area contributed by atoms with Crippen LogP contribution in [-0.4, -0.2) is 22.5 Å². The third kappa shape index (κ3) is 3.60. The Morgan fingerprint density at radius 2 is 2.00 bits per heavy atom. The van der Waals surface area contributed by atoms with Crippen LogP contribution in [0.3, 0.4) is 0 Å². The van der Waals surface area contributed by atoms with Gasteiger partial charge in [-0.05, 0) is 13.8 Å². The summed E-state index contributed by atoms with van der Waals surface area (Å²) in [6, 6.07) is 0. The van der Waals surface area contributed by atoms with Gasteiger partial charge >= 0.3 is 5.97 Å². The van der Waals surface area contributed by atoms with Gasteiger partial charge < -0.3 is 16.2 Å². The predicted molar refractivity (Wildman–Crippen MR) is 43.2 cm³/mol. The fourth-order valence-electron chi connectivity index (χ4n) is 0.392. The molecule has 0 atom stereocenters. The number of rotatable bonds is 4. The molecule has 0 bridgehead atoms. The average Bonchev–Trinajstić information content (AvgIpc) is 1.85. The maximum Gasteiger partial charge on any atom is 0.329 e. The lowest BCUT2D eigenvalue weighted by atomic mass is 10.1. The normalized spacial score (nSPS) is 11.5.